The second-order valence-electron chi connectivity index (χ2n) is 4.73. The maximum absolute atomic E-state index is 12.0. The van der Waals surface area contributed by atoms with Crippen LogP contribution in [0.15, 0.2) is 34.3 Å². The number of nitrogens with one attached hydrogen (secondary N) is 2. The summed E-state index contributed by atoms with van der Waals surface area (Å²) in [5.74, 6) is 0.755. The summed E-state index contributed by atoms with van der Waals surface area (Å²) < 4.78 is 6.22. The van der Waals surface area contributed by atoms with E-state index in [1.54, 1.807) is 7.11 Å². The fourth-order valence-electron chi connectivity index (χ4n) is 2.16. The number of amides is 1. The average molecular weight is 376 g/mol. The van der Waals surface area contributed by atoms with Gasteiger partial charge in [-0.3, -0.25) is 4.79 Å². The van der Waals surface area contributed by atoms with Gasteiger partial charge in [0.25, 0.3) is 0 Å². The number of benzene rings is 1. The number of hydrogen-bond donors (Lipinski definition) is 2. The van der Waals surface area contributed by atoms with Crippen LogP contribution in [0.5, 0.6) is 5.75 Å². The fourth-order valence-corrected chi connectivity index (χ4v) is 2.57. The molecule has 1 aromatic carbocycles. The summed E-state index contributed by atoms with van der Waals surface area (Å²) in [5.41, 5.74) is 2.18. The SMILES string of the molecule is COc1ccc(Br)cc1CC(=O)NCC1=CCNCC1.Cl. The van der Waals surface area contributed by atoms with E-state index in [0.29, 0.717) is 13.0 Å². The van der Waals surface area contributed by atoms with Crippen molar-refractivity contribution in [3.05, 3.63) is 39.9 Å². The highest BCUT2D eigenvalue weighted by Crippen LogP contribution is 2.23. The minimum absolute atomic E-state index is 0. The Bertz CT molecular complexity index is 520. The molecule has 0 bridgehead atoms. The predicted molar refractivity (Wildman–Crippen MR) is 90.2 cm³/mol. The number of ether oxygens (including phenoxy) is 1. The molecule has 116 valence electrons. The Balaban J connectivity index is 0.00000220. The quantitative estimate of drug-likeness (QED) is 0.777. The summed E-state index contributed by atoms with van der Waals surface area (Å²) >= 11 is 3.41. The molecule has 0 saturated heterocycles. The van der Waals surface area contributed by atoms with Crippen LogP contribution in [0.1, 0.15) is 12.0 Å². The van der Waals surface area contributed by atoms with Crippen molar-refractivity contribution in [3.63, 3.8) is 0 Å². The molecule has 1 aliphatic heterocycles. The van der Waals surface area contributed by atoms with Crippen molar-refractivity contribution in [2.24, 2.45) is 0 Å². The molecule has 0 atom stereocenters. The summed E-state index contributed by atoms with van der Waals surface area (Å²) in [4.78, 5) is 12.0. The summed E-state index contributed by atoms with van der Waals surface area (Å²) in [6.45, 7) is 2.52. The monoisotopic (exact) mass is 374 g/mol. The highest BCUT2D eigenvalue weighted by atomic mass is 79.9. The van der Waals surface area contributed by atoms with E-state index in [4.69, 9.17) is 4.74 Å². The number of methoxy groups -OCH3 is 1. The van der Waals surface area contributed by atoms with Gasteiger partial charge in [-0.05, 0) is 31.2 Å². The van der Waals surface area contributed by atoms with Crippen molar-refractivity contribution in [1.29, 1.82) is 0 Å². The van der Waals surface area contributed by atoms with Crippen molar-refractivity contribution < 1.29 is 9.53 Å². The van der Waals surface area contributed by atoms with E-state index in [9.17, 15) is 4.79 Å². The van der Waals surface area contributed by atoms with Crippen molar-refractivity contribution in [1.82, 2.24) is 10.6 Å². The first-order valence-electron chi connectivity index (χ1n) is 6.67. The number of rotatable bonds is 5. The molecular weight excluding hydrogens is 356 g/mol. The van der Waals surface area contributed by atoms with Gasteiger partial charge in [0.05, 0.1) is 13.5 Å². The molecule has 0 saturated carbocycles. The Labute approximate surface area is 139 Å². The van der Waals surface area contributed by atoms with Crippen LogP contribution < -0.4 is 15.4 Å². The van der Waals surface area contributed by atoms with Crippen LogP contribution in [0.4, 0.5) is 0 Å². The molecule has 0 spiro atoms. The lowest BCUT2D eigenvalue weighted by Gasteiger charge is -2.15. The predicted octanol–water partition coefficient (Wildman–Crippen LogP) is 2.46. The molecular formula is C15H20BrClN2O2. The van der Waals surface area contributed by atoms with Gasteiger partial charge in [0, 0.05) is 23.1 Å². The number of hydrogen-bond acceptors (Lipinski definition) is 3. The molecule has 1 amide bonds. The van der Waals surface area contributed by atoms with Crippen LogP contribution in [0, 0.1) is 0 Å². The Kier molecular flexibility index (Phi) is 7.78. The Morgan fingerprint density at radius 3 is 2.95 bits per heavy atom. The molecule has 1 aliphatic rings. The normalized spacial score (nSPS) is 13.9. The summed E-state index contributed by atoms with van der Waals surface area (Å²) in [7, 11) is 1.62. The topological polar surface area (TPSA) is 50.4 Å². The highest BCUT2D eigenvalue weighted by Gasteiger charge is 2.10. The zero-order chi connectivity index (χ0) is 14.4. The average Bonchev–Trinajstić information content (AvgIpc) is 2.46. The summed E-state index contributed by atoms with van der Waals surface area (Å²) in [5, 5.41) is 6.22. The van der Waals surface area contributed by atoms with Gasteiger partial charge in [-0.2, -0.15) is 0 Å². The summed E-state index contributed by atoms with van der Waals surface area (Å²) in [6.07, 6.45) is 3.47. The molecule has 1 heterocycles. The summed E-state index contributed by atoms with van der Waals surface area (Å²) in [6, 6.07) is 5.68. The minimum atomic E-state index is 0. The van der Waals surface area contributed by atoms with Gasteiger partial charge in [0.1, 0.15) is 5.75 Å². The van der Waals surface area contributed by atoms with Gasteiger partial charge in [-0.25, -0.2) is 0 Å². The molecule has 0 radical (unpaired) electrons. The van der Waals surface area contributed by atoms with Crippen molar-refractivity contribution in [2.75, 3.05) is 26.7 Å². The second kappa shape index (κ2) is 9.07. The highest BCUT2D eigenvalue weighted by molar-refractivity contribution is 9.10. The van der Waals surface area contributed by atoms with Crippen molar-refractivity contribution >= 4 is 34.2 Å². The van der Waals surface area contributed by atoms with Crippen LogP contribution >= 0.6 is 28.3 Å². The maximum atomic E-state index is 12.0. The molecule has 1 aromatic rings. The van der Waals surface area contributed by atoms with E-state index < -0.39 is 0 Å². The van der Waals surface area contributed by atoms with E-state index in [2.05, 4.69) is 32.6 Å². The van der Waals surface area contributed by atoms with E-state index in [1.807, 2.05) is 18.2 Å². The first kappa shape index (κ1) is 18.0. The van der Waals surface area contributed by atoms with E-state index >= 15 is 0 Å². The van der Waals surface area contributed by atoms with Crippen molar-refractivity contribution in [2.45, 2.75) is 12.8 Å². The molecule has 0 unspecified atom stereocenters. The third-order valence-corrected chi connectivity index (χ3v) is 3.76. The smallest absolute Gasteiger partial charge is 0.224 e. The lowest BCUT2D eigenvalue weighted by Crippen LogP contribution is -2.30. The van der Waals surface area contributed by atoms with E-state index in [0.717, 1.165) is 35.3 Å². The fraction of sp³-hybridized carbons (Fsp3) is 0.400. The Morgan fingerprint density at radius 1 is 1.48 bits per heavy atom. The molecule has 0 aromatic heterocycles. The van der Waals surface area contributed by atoms with E-state index in [-0.39, 0.29) is 18.3 Å². The molecule has 0 aliphatic carbocycles. The minimum Gasteiger partial charge on any atom is -0.496 e. The van der Waals surface area contributed by atoms with Gasteiger partial charge in [-0.1, -0.05) is 27.6 Å². The molecule has 6 heteroatoms. The van der Waals surface area contributed by atoms with Crippen LogP contribution in [-0.4, -0.2) is 32.7 Å². The van der Waals surface area contributed by atoms with Crippen LogP contribution in [0.2, 0.25) is 0 Å². The standard InChI is InChI=1S/C15H19BrN2O2.ClH/c1-20-14-3-2-13(16)8-12(14)9-15(19)18-10-11-4-6-17-7-5-11;/h2-4,8,17H,5-7,9-10H2,1H3,(H,18,19);1H. The van der Waals surface area contributed by atoms with Gasteiger partial charge in [0.15, 0.2) is 0 Å². The molecule has 2 N–H and O–H groups in total. The Morgan fingerprint density at radius 2 is 2.29 bits per heavy atom. The lowest BCUT2D eigenvalue weighted by molar-refractivity contribution is -0.120. The zero-order valence-electron chi connectivity index (χ0n) is 11.9. The Hall–Kier alpha value is -1.04. The molecule has 2 rings (SSSR count). The van der Waals surface area contributed by atoms with Crippen LogP contribution in [0.25, 0.3) is 0 Å². The number of carbonyl (C=O) groups excluding carboxylic acids is 1. The first-order valence-corrected chi connectivity index (χ1v) is 7.46. The molecule has 0 fully saturated rings. The second-order valence-corrected chi connectivity index (χ2v) is 5.64. The van der Waals surface area contributed by atoms with Crippen molar-refractivity contribution in [3.8, 4) is 5.75 Å². The zero-order valence-corrected chi connectivity index (χ0v) is 14.4. The molecule has 4 nitrogen and oxygen atoms in total. The van der Waals surface area contributed by atoms with Gasteiger partial charge in [0.2, 0.25) is 5.91 Å². The molecule has 21 heavy (non-hydrogen) atoms. The maximum Gasteiger partial charge on any atom is 0.224 e. The first-order chi connectivity index (χ1) is 9.69. The van der Waals surface area contributed by atoms with Crippen LogP contribution in [0.3, 0.4) is 0 Å². The van der Waals surface area contributed by atoms with Gasteiger partial charge < -0.3 is 15.4 Å². The lowest BCUT2D eigenvalue weighted by atomic mass is 10.1. The number of carbonyl (C=O) groups is 1. The third-order valence-electron chi connectivity index (χ3n) is 3.26. The third kappa shape index (κ3) is 5.69. The van der Waals surface area contributed by atoms with Gasteiger partial charge >= 0.3 is 0 Å². The van der Waals surface area contributed by atoms with Crippen LogP contribution in [-0.2, 0) is 11.2 Å². The number of halogens is 2. The van der Waals surface area contributed by atoms with E-state index in [1.165, 1.54) is 5.57 Å². The van der Waals surface area contributed by atoms with Gasteiger partial charge in [-0.15, -0.1) is 12.4 Å². The largest absolute Gasteiger partial charge is 0.496 e.